The Labute approximate surface area is 198 Å². The van der Waals surface area contributed by atoms with Crippen LogP contribution in [0.4, 0.5) is 5.00 Å². The first-order chi connectivity index (χ1) is 16.4. The van der Waals surface area contributed by atoms with Crippen LogP contribution in [0.3, 0.4) is 0 Å². The molecule has 0 fully saturated rings. The molecule has 3 N–H and O–H groups in total. The van der Waals surface area contributed by atoms with Crippen molar-refractivity contribution in [2.45, 2.75) is 32.3 Å². The first-order valence-corrected chi connectivity index (χ1v) is 11.6. The second kappa shape index (κ2) is 8.75. The lowest BCUT2D eigenvalue weighted by molar-refractivity contribution is -0.123. The Hall–Kier alpha value is -3.98. The second-order valence-electron chi connectivity index (χ2n) is 8.07. The van der Waals surface area contributed by atoms with E-state index >= 15 is 0 Å². The minimum Gasteiger partial charge on any atom is -0.449 e. The zero-order valence-electron chi connectivity index (χ0n) is 18.3. The highest BCUT2D eigenvalue weighted by molar-refractivity contribution is 7.17. The number of nitrogens with two attached hydrogens (primary N) is 1. The van der Waals surface area contributed by atoms with Crippen LogP contribution in [0, 0.1) is 0 Å². The number of aromatic nitrogens is 1. The third-order valence-electron chi connectivity index (χ3n) is 5.81. The Morgan fingerprint density at radius 1 is 1.15 bits per heavy atom. The van der Waals surface area contributed by atoms with Crippen molar-refractivity contribution in [3.8, 4) is 11.3 Å². The highest BCUT2D eigenvalue weighted by Gasteiger charge is 2.28. The van der Waals surface area contributed by atoms with Gasteiger partial charge in [-0.2, -0.15) is 0 Å². The van der Waals surface area contributed by atoms with E-state index in [-0.39, 0.29) is 5.56 Å². The number of hydrogen-bond donors (Lipinski definition) is 2. The number of aryl methyl sites for hydroxylation is 1. The molecule has 2 aromatic heterocycles. The normalized spacial score (nSPS) is 13.4. The molecule has 0 bridgehead atoms. The molecule has 0 aliphatic heterocycles. The number of esters is 1. The molecular formula is C25H21N3O5S. The lowest BCUT2D eigenvalue weighted by atomic mass is 10.1. The maximum absolute atomic E-state index is 12.8. The summed E-state index contributed by atoms with van der Waals surface area (Å²) >= 11 is 1.35. The third kappa shape index (κ3) is 3.94. The maximum atomic E-state index is 12.8. The van der Waals surface area contributed by atoms with Crippen molar-refractivity contribution in [2.24, 2.45) is 5.73 Å². The summed E-state index contributed by atoms with van der Waals surface area (Å²) in [4.78, 5) is 38.5. The number of thiophene rings is 1. The largest absolute Gasteiger partial charge is 0.449 e. The highest BCUT2D eigenvalue weighted by Crippen LogP contribution is 2.39. The number of nitrogens with zero attached hydrogens (tertiary/aromatic N) is 1. The molecule has 34 heavy (non-hydrogen) atoms. The summed E-state index contributed by atoms with van der Waals surface area (Å²) in [5.41, 5.74) is 8.51. The van der Waals surface area contributed by atoms with E-state index < -0.39 is 23.9 Å². The van der Waals surface area contributed by atoms with E-state index in [0.717, 1.165) is 35.3 Å². The summed E-state index contributed by atoms with van der Waals surface area (Å²) < 4.78 is 10.9. The standard InChI is InChI=1S/C25H21N3O5S/c1-13(23(30)27-24-20(22(26)29)16-8-5-9-19(16)34-24)32-25(31)15-10-11-18-17(12-15)21(33-28-18)14-6-3-2-4-7-14/h2-4,6-7,10-13H,5,8-9H2,1H3,(H2,26,29)(H,27,30). The molecule has 0 saturated carbocycles. The van der Waals surface area contributed by atoms with Crippen molar-refractivity contribution in [1.29, 1.82) is 0 Å². The molecule has 1 aliphatic rings. The Morgan fingerprint density at radius 2 is 1.94 bits per heavy atom. The Bertz CT molecular complexity index is 1420. The summed E-state index contributed by atoms with van der Waals surface area (Å²) in [7, 11) is 0. The molecule has 5 rings (SSSR count). The van der Waals surface area contributed by atoms with Crippen molar-refractivity contribution >= 4 is 45.0 Å². The van der Waals surface area contributed by atoms with E-state index in [1.54, 1.807) is 18.2 Å². The van der Waals surface area contributed by atoms with Gasteiger partial charge in [0.2, 0.25) is 0 Å². The van der Waals surface area contributed by atoms with Crippen molar-refractivity contribution < 1.29 is 23.6 Å². The molecule has 1 unspecified atom stereocenters. The Kier molecular flexibility index (Phi) is 5.62. The number of ether oxygens (including phenoxy) is 1. The number of nitrogens with one attached hydrogen (secondary N) is 1. The number of benzene rings is 2. The second-order valence-corrected chi connectivity index (χ2v) is 9.18. The molecule has 1 atom stereocenters. The lowest BCUT2D eigenvalue weighted by Crippen LogP contribution is -2.30. The van der Waals surface area contributed by atoms with Gasteiger partial charge in [0.05, 0.1) is 16.5 Å². The van der Waals surface area contributed by atoms with Crippen LogP contribution in [0.5, 0.6) is 0 Å². The SMILES string of the molecule is CC(OC(=O)c1ccc2noc(-c3ccccc3)c2c1)C(=O)Nc1sc2c(c1C(N)=O)CCC2. The highest BCUT2D eigenvalue weighted by atomic mass is 32.1. The molecule has 0 spiro atoms. The van der Waals surface area contributed by atoms with Gasteiger partial charge in [-0.3, -0.25) is 9.59 Å². The fourth-order valence-corrected chi connectivity index (χ4v) is 5.41. The number of amides is 2. The lowest BCUT2D eigenvalue weighted by Gasteiger charge is -2.13. The molecule has 1 aliphatic carbocycles. The summed E-state index contributed by atoms with van der Waals surface area (Å²) in [6, 6.07) is 14.3. The van der Waals surface area contributed by atoms with Gasteiger partial charge >= 0.3 is 5.97 Å². The van der Waals surface area contributed by atoms with Gasteiger partial charge in [0, 0.05) is 10.4 Å². The number of hydrogen-bond acceptors (Lipinski definition) is 7. The van der Waals surface area contributed by atoms with Crippen LogP contribution in [0.2, 0.25) is 0 Å². The van der Waals surface area contributed by atoms with E-state index in [1.165, 1.54) is 18.3 Å². The van der Waals surface area contributed by atoms with E-state index in [9.17, 15) is 14.4 Å². The van der Waals surface area contributed by atoms with E-state index in [1.807, 2.05) is 30.3 Å². The number of carbonyl (C=O) groups is 3. The average molecular weight is 476 g/mol. The zero-order valence-corrected chi connectivity index (χ0v) is 19.1. The van der Waals surface area contributed by atoms with Crippen LogP contribution >= 0.6 is 11.3 Å². The Balaban J connectivity index is 1.33. The van der Waals surface area contributed by atoms with Crippen molar-refractivity contribution in [3.63, 3.8) is 0 Å². The first kappa shape index (κ1) is 21.8. The van der Waals surface area contributed by atoms with Gasteiger partial charge in [0.15, 0.2) is 11.9 Å². The van der Waals surface area contributed by atoms with Crippen LogP contribution in [0.1, 0.15) is 44.5 Å². The van der Waals surface area contributed by atoms with Gasteiger partial charge in [-0.25, -0.2) is 4.79 Å². The van der Waals surface area contributed by atoms with Crippen LogP contribution in [0.25, 0.3) is 22.2 Å². The molecule has 4 aromatic rings. The monoisotopic (exact) mass is 475 g/mol. The van der Waals surface area contributed by atoms with Gasteiger partial charge in [-0.15, -0.1) is 11.3 Å². The minimum atomic E-state index is -1.09. The third-order valence-corrected chi connectivity index (χ3v) is 7.01. The number of rotatable bonds is 6. The molecule has 9 heteroatoms. The van der Waals surface area contributed by atoms with Crippen molar-refractivity contribution in [3.05, 3.63) is 70.1 Å². The summed E-state index contributed by atoms with van der Waals surface area (Å²) in [5, 5.41) is 7.83. The molecule has 2 heterocycles. The maximum Gasteiger partial charge on any atom is 0.338 e. The van der Waals surface area contributed by atoms with Gasteiger partial charge in [-0.1, -0.05) is 35.5 Å². The molecule has 172 valence electrons. The number of primary amides is 1. The molecular weight excluding hydrogens is 454 g/mol. The fourth-order valence-electron chi connectivity index (χ4n) is 4.11. The first-order valence-electron chi connectivity index (χ1n) is 10.8. The summed E-state index contributed by atoms with van der Waals surface area (Å²) in [5.74, 6) is -1.23. The fraction of sp³-hybridized carbons (Fsp3) is 0.200. The van der Waals surface area contributed by atoms with Crippen LogP contribution in [0.15, 0.2) is 53.1 Å². The van der Waals surface area contributed by atoms with E-state index in [2.05, 4.69) is 10.5 Å². The average Bonchev–Trinajstić information content (AvgIpc) is 3.53. The van der Waals surface area contributed by atoms with Crippen LogP contribution < -0.4 is 11.1 Å². The van der Waals surface area contributed by atoms with E-state index in [0.29, 0.717) is 27.2 Å². The van der Waals surface area contributed by atoms with Crippen LogP contribution in [-0.2, 0) is 22.4 Å². The summed E-state index contributed by atoms with van der Waals surface area (Å²) in [6.45, 7) is 1.48. The Morgan fingerprint density at radius 3 is 2.71 bits per heavy atom. The minimum absolute atomic E-state index is 0.264. The summed E-state index contributed by atoms with van der Waals surface area (Å²) in [6.07, 6.45) is 1.50. The van der Waals surface area contributed by atoms with Crippen molar-refractivity contribution in [1.82, 2.24) is 5.16 Å². The smallest absolute Gasteiger partial charge is 0.338 e. The molecule has 0 saturated heterocycles. The number of anilines is 1. The molecule has 2 amide bonds. The van der Waals surface area contributed by atoms with Crippen molar-refractivity contribution in [2.75, 3.05) is 5.32 Å². The molecule has 0 radical (unpaired) electrons. The topological polar surface area (TPSA) is 125 Å². The van der Waals surface area contributed by atoms with Gasteiger partial charge < -0.3 is 20.3 Å². The quantitative estimate of drug-likeness (QED) is 0.400. The molecule has 8 nitrogen and oxygen atoms in total. The van der Waals surface area contributed by atoms with Gasteiger partial charge in [-0.05, 0) is 49.9 Å². The zero-order chi connectivity index (χ0) is 23.8. The van der Waals surface area contributed by atoms with Gasteiger partial charge in [0.1, 0.15) is 10.5 Å². The predicted octanol–water partition coefficient (Wildman–Crippen LogP) is 4.33. The van der Waals surface area contributed by atoms with E-state index in [4.69, 9.17) is 15.0 Å². The van der Waals surface area contributed by atoms with Gasteiger partial charge in [0.25, 0.3) is 11.8 Å². The van der Waals surface area contributed by atoms with Crippen LogP contribution in [-0.4, -0.2) is 29.0 Å². The predicted molar refractivity (Wildman–Crippen MR) is 128 cm³/mol. The molecule has 2 aromatic carbocycles. The number of fused-ring (bicyclic) bond motifs is 2. The number of carbonyl (C=O) groups excluding carboxylic acids is 3.